The molecule has 106 valence electrons. The lowest BCUT2D eigenvalue weighted by Gasteiger charge is -2.33. The second-order valence-electron chi connectivity index (χ2n) is 5.51. The van der Waals surface area contributed by atoms with Crippen LogP contribution in [0, 0.1) is 0 Å². The highest BCUT2D eigenvalue weighted by Crippen LogP contribution is 2.37. The monoisotopic (exact) mass is 270 g/mol. The summed E-state index contributed by atoms with van der Waals surface area (Å²) in [6.45, 7) is 4.14. The van der Waals surface area contributed by atoms with Crippen molar-refractivity contribution in [3.8, 4) is 5.75 Å². The normalized spacial score (nSPS) is 15.6. The lowest BCUT2D eigenvalue weighted by molar-refractivity contribution is 0.139. The lowest BCUT2D eigenvalue weighted by atomic mass is 9.72. The van der Waals surface area contributed by atoms with Gasteiger partial charge in [0.25, 0.3) is 0 Å². The number of aliphatic hydroxyl groups is 1. The molecule has 0 saturated heterocycles. The molecule has 2 rings (SSSR count). The van der Waals surface area contributed by atoms with Crippen molar-refractivity contribution >= 4 is 0 Å². The summed E-state index contributed by atoms with van der Waals surface area (Å²) >= 11 is 0. The number of aromatic hydroxyl groups is 1. The summed E-state index contributed by atoms with van der Waals surface area (Å²) in [6.07, 6.45) is 1.06. The first-order valence-corrected chi connectivity index (χ1v) is 7.09. The molecule has 0 radical (unpaired) electrons. The Hall–Kier alpha value is -1.80. The van der Waals surface area contributed by atoms with Crippen molar-refractivity contribution in [2.24, 2.45) is 0 Å². The van der Waals surface area contributed by atoms with E-state index in [1.54, 1.807) is 12.1 Å². The summed E-state index contributed by atoms with van der Waals surface area (Å²) in [5, 5.41) is 19.6. The molecule has 2 N–H and O–H groups in total. The first-order valence-electron chi connectivity index (χ1n) is 7.09. The zero-order chi connectivity index (χ0) is 14.6. The van der Waals surface area contributed by atoms with Gasteiger partial charge < -0.3 is 10.2 Å². The number of hydrogen-bond acceptors (Lipinski definition) is 2. The van der Waals surface area contributed by atoms with E-state index in [1.807, 2.05) is 37.3 Å². The standard InChI is InChI=1S/C18H22O2/c1-3-16(19)13-18(2,14-7-5-4-6-8-14)15-9-11-17(20)12-10-15/h4-12,16,19-20H,3,13H2,1-2H3. The van der Waals surface area contributed by atoms with Gasteiger partial charge in [-0.2, -0.15) is 0 Å². The van der Waals surface area contributed by atoms with Gasteiger partial charge in [-0.25, -0.2) is 0 Å². The number of aliphatic hydroxyl groups excluding tert-OH is 1. The Kier molecular flexibility index (Phi) is 4.46. The van der Waals surface area contributed by atoms with E-state index in [1.165, 1.54) is 5.56 Å². The SMILES string of the molecule is CCC(O)CC(C)(c1ccccc1)c1ccc(O)cc1. The Morgan fingerprint density at radius 3 is 2.05 bits per heavy atom. The van der Waals surface area contributed by atoms with Gasteiger partial charge in [0.15, 0.2) is 0 Å². The summed E-state index contributed by atoms with van der Waals surface area (Å²) in [5.41, 5.74) is 2.02. The average Bonchev–Trinajstić information content (AvgIpc) is 2.48. The van der Waals surface area contributed by atoms with Crippen LogP contribution in [0.2, 0.25) is 0 Å². The lowest BCUT2D eigenvalue weighted by Crippen LogP contribution is -2.29. The fourth-order valence-corrected chi connectivity index (χ4v) is 2.65. The highest BCUT2D eigenvalue weighted by atomic mass is 16.3. The smallest absolute Gasteiger partial charge is 0.115 e. The summed E-state index contributed by atoms with van der Waals surface area (Å²) < 4.78 is 0. The topological polar surface area (TPSA) is 40.5 Å². The molecule has 2 nitrogen and oxygen atoms in total. The van der Waals surface area contributed by atoms with Crippen molar-refractivity contribution in [2.45, 2.75) is 38.2 Å². The van der Waals surface area contributed by atoms with Gasteiger partial charge in [-0.3, -0.25) is 0 Å². The van der Waals surface area contributed by atoms with Crippen LogP contribution in [0.4, 0.5) is 0 Å². The summed E-state index contributed by atoms with van der Waals surface area (Å²) in [6, 6.07) is 17.5. The molecule has 0 spiro atoms. The van der Waals surface area contributed by atoms with Gasteiger partial charge in [0.2, 0.25) is 0 Å². The molecule has 2 atom stereocenters. The van der Waals surface area contributed by atoms with Gasteiger partial charge in [0.05, 0.1) is 6.10 Å². The van der Waals surface area contributed by atoms with Gasteiger partial charge in [-0.15, -0.1) is 0 Å². The molecule has 0 amide bonds. The highest BCUT2D eigenvalue weighted by molar-refractivity contribution is 5.40. The predicted octanol–water partition coefficient (Wildman–Crippen LogP) is 3.86. The molecule has 0 fully saturated rings. The zero-order valence-corrected chi connectivity index (χ0v) is 12.1. The largest absolute Gasteiger partial charge is 0.508 e. The van der Waals surface area contributed by atoms with E-state index in [0.717, 1.165) is 12.0 Å². The van der Waals surface area contributed by atoms with Crippen LogP contribution in [0.5, 0.6) is 5.75 Å². The van der Waals surface area contributed by atoms with Gasteiger partial charge in [0.1, 0.15) is 5.75 Å². The molecular formula is C18H22O2. The molecule has 2 heteroatoms. The average molecular weight is 270 g/mol. The maximum absolute atomic E-state index is 10.1. The molecule has 20 heavy (non-hydrogen) atoms. The van der Waals surface area contributed by atoms with Gasteiger partial charge in [-0.05, 0) is 36.1 Å². The Labute approximate surface area is 120 Å². The molecule has 0 aliphatic rings. The Bertz CT molecular complexity index is 533. The maximum Gasteiger partial charge on any atom is 0.115 e. The summed E-state index contributed by atoms with van der Waals surface area (Å²) in [7, 11) is 0. The molecule has 0 aliphatic heterocycles. The quantitative estimate of drug-likeness (QED) is 0.866. The van der Waals surface area contributed by atoms with E-state index < -0.39 is 0 Å². The summed E-state index contributed by atoms with van der Waals surface area (Å²) in [4.78, 5) is 0. The predicted molar refractivity (Wildman–Crippen MR) is 81.9 cm³/mol. The van der Waals surface area contributed by atoms with Gasteiger partial charge >= 0.3 is 0 Å². The molecule has 2 aromatic rings. The van der Waals surface area contributed by atoms with Crippen LogP contribution < -0.4 is 0 Å². The minimum atomic E-state index is -0.339. The third-order valence-electron chi connectivity index (χ3n) is 4.03. The van der Waals surface area contributed by atoms with E-state index in [4.69, 9.17) is 0 Å². The van der Waals surface area contributed by atoms with Crippen molar-refractivity contribution in [3.63, 3.8) is 0 Å². The second-order valence-corrected chi connectivity index (χ2v) is 5.51. The second kappa shape index (κ2) is 6.10. The van der Waals surface area contributed by atoms with Crippen molar-refractivity contribution in [2.75, 3.05) is 0 Å². The molecule has 0 aliphatic carbocycles. The number of phenolic OH excluding ortho intramolecular Hbond substituents is 1. The van der Waals surface area contributed by atoms with Crippen LogP contribution in [0.1, 0.15) is 37.8 Å². The fraction of sp³-hybridized carbons (Fsp3) is 0.333. The molecule has 0 bridgehead atoms. The molecule has 0 aromatic heterocycles. The highest BCUT2D eigenvalue weighted by Gasteiger charge is 2.30. The fourth-order valence-electron chi connectivity index (χ4n) is 2.65. The Morgan fingerprint density at radius 1 is 0.950 bits per heavy atom. The minimum absolute atomic E-state index is 0.260. The molecule has 0 heterocycles. The molecule has 0 saturated carbocycles. The maximum atomic E-state index is 10.1. The van der Waals surface area contributed by atoms with E-state index in [2.05, 4.69) is 19.1 Å². The van der Waals surface area contributed by atoms with Gasteiger partial charge in [-0.1, -0.05) is 56.3 Å². The van der Waals surface area contributed by atoms with Crippen LogP contribution in [0.25, 0.3) is 0 Å². The van der Waals surface area contributed by atoms with Crippen LogP contribution in [0.15, 0.2) is 54.6 Å². The number of rotatable bonds is 5. The van der Waals surface area contributed by atoms with Crippen LogP contribution in [0.3, 0.4) is 0 Å². The zero-order valence-electron chi connectivity index (χ0n) is 12.1. The molecule has 2 aromatic carbocycles. The summed E-state index contributed by atoms with van der Waals surface area (Å²) in [5.74, 6) is 0.264. The van der Waals surface area contributed by atoms with Crippen molar-refractivity contribution < 1.29 is 10.2 Å². The Morgan fingerprint density at radius 2 is 1.50 bits per heavy atom. The van der Waals surface area contributed by atoms with Crippen LogP contribution in [-0.4, -0.2) is 16.3 Å². The van der Waals surface area contributed by atoms with E-state index in [9.17, 15) is 10.2 Å². The molecule has 2 unspecified atom stereocenters. The Balaban J connectivity index is 2.46. The molecular weight excluding hydrogens is 248 g/mol. The van der Waals surface area contributed by atoms with E-state index >= 15 is 0 Å². The van der Waals surface area contributed by atoms with E-state index in [0.29, 0.717) is 6.42 Å². The van der Waals surface area contributed by atoms with Crippen LogP contribution >= 0.6 is 0 Å². The minimum Gasteiger partial charge on any atom is -0.508 e. The first-order chi connectivity index (χ1) is 9.56. The van der Waals surface area contributed by atoms with Crippen LogP contribution in [-0.2, 0) is 5.41 Å². The van der Waals surface area contributed by atoms with E-state index in [-0.39, 0.29) is 17.3 Å². The van der Waals surface area contributed by atoms with Crippen molar-refractivity contribution in [1.82, 2.24) is 0 Å². The number of phenols is 1. The van der Waals surface area contributed by atoms with Crippen molar-refractivity contribution in [3.05, 3.63) is 65.7 Å². The van der Waals surface area contributed by atoms with Gasteiger partial charge in [0, 0.05) is 5.41 Å². The number of benzene rings is 2. The third kappa shape index (κ3) is 3.02. The third-order valence-corrected chi connectivity index (χ3v) is 4.03. The first kappa shape index (κ1) is 14.6. The number of hydrogen-bond donors (Lipinski definition) is 2. The van der Waals surface area contributed by atoms with Crippen molar-refractivity contribution in [1.29, 1.82) is 0 Å².